The SMILES string of the molecule is CC(C)(C)OC(=O)N1CCC(F)(C(C)(C)C(=O)O)CC1. The second kappa shape index (κ2) is 5.22. The Morgan fingerprint density at radius 3 is 1.95 bits per heavy atom. The molecule has 0 aromatic heterocycles. The molecule has 0 aromatic rings. The number of alkyl halides is 1. The summed E-state index contributed by atoms with van der Waals surface area (Å²) in [4.78, 5) is 24.5. The quantitative estimate of drug-likeness (QED) is 0.849. The summed E-state index contributed by atoms with van der Waals surface area (Å²) in [6.45, 7) is 8.41. The van der Waals surface area contributed by atoms with Gasteiger partial charge < -0.3 is 14.7 Å². The van der Waals surface area contributed by atoms with Crippen LogP contribution in [0.3, 0.4) is 0 Å². The number of carboxylic acids is 1. The number of likely N-dealkylation sites (tertiary alicyclic amines) is 1. The molecule has 1 aliphatic heterocycles. The maximum atomic E-state index is 14.8. The van der Waals surface area contributed by atoms with E-state index in [9.17, 15) is 14.0 Å². The number of piperidine rings is 1. The molecule has 0 radical (unpaired) electrons. The minimum absolute atomic E-state index is 0.00550. The van der Waals surface area contributed by atoms with Crippen LogP contribution in [0.5, 0.6) is 0 Å². The van der Waals surface area contributed by atoms with E-state index in [-0.39, 0.29) is 25.9 Å². The molecule has 0 bridgehead atoms. The van der Waals surface area contributed by atoms with E-state index in [2.05, 4.69) is 0 Å². The molecular weight excluding hydrogens is 265 g/mol. The van der Waals surface area contributed by atoms with Crippen molar-refractivity contribution in [1.29, 1.82) is 0 Å². The molecule has 0 aliphatic carbocycles. The zero-order chi connectivity index (χ0) is 15.8. The van der Waals surface area contributed by atoms with Crippen LogP contribution in [0.1, 0.15) is 47.5 Å². The first-order valence-electron chi connectivity index (χ1n) is 6.79. The molecule has 1 heterocycles. The van der Waals surface area contributed by atoms with Crippen LogP contribution in [-0.4, -0.2) is 46.4 Å². The van der Waals surface area contributed by atoms with Gasteiger partial charge in [0.2, 0.25) is 0 Å². The van der Waals surface area contributed by atoms with Gasteiger partial charge in [-0.15, -0.1) is 0 Å². The molecule has 0 aromatic carbocycles. The normalized spacial score (nSPS) is 19.6. The van der Waals surface area contributed by atoms with Gasteiger partial charge in [0.25, 0.3) is 0 Å². The van der Waals surface area contributed by atoms with Crippen molar-refractivity contribution in [2.45, 2.75) is 58.7 Å². The lowest BCUT2D eigenvalue weighted by molar-refractivity contribution is -0.160. The van der Waals surface area contributed by atoms with Crippen molar-refractivity contribution in [2.75, 3.05) is 13.1 Å². The van der Waals surface area contributed by atoms with Crippen molar-refractivity contribution in [3.05, 3.63) is 0 Å². The largest absolute Gasteiger partial charge is 0.481 e. The first-order chi connectivity index (χ1) is 8.89. The van der Waals surface area contributed by atoms with E-state index in [0.717, 1.165) is 0 Å². The smallest absolute Gasteiger partial charge is 0.410 e. The first kappa shape index (κ1) is 16.7. The summed E-state index contributed by atoms with van der Waals surface area (Å²) in [6, 6.07) is 0. The fourth-order valence-electron chi connectivity index (χ4n) is 2.19. The van der Waals surface area contributed by atoms with E-state index in [0.29, 0.717) is 0 Å². The minimum atomic E-state index is -1.81. The Hall–Kier alpha value is -1.33. The minimum Gasteiger partial charge on any atom is -0.481 e. The van der Waals surface area contributed by atoms with E-state index in [1.165, 1.54) is 18.7 Å². The highest BCUT2D eigenvalue weighted by Gasteiger charge is 2.52. The van der Waals surface area contributed by atoms with Crippen LogP contribution >= 0.6 is 0 Å². The standard InChI is InChI=1S/C14H24FNO4/c1-12(2,3)20-11(19)16-8-6-14(15,7-9-16)13(4,5)10(17)18/h6-9H2,1-5H3,(H,17,18). The maximum absolute atomic E-state index is 14.8. The van der Waals surface area contributed by atoms with Gasteiger partial charge in [-0.2, -0.15) is 0 Å². The number of carbonyl (C=O) groups is 2. The molecular formula is C14H24FNO4. The molecule has 1 rings (SSSR count). The van der Waals surface area contributed by atoms with Crippen molar-refractivity contribution in [3.63, 3.8) is 0 Å². The molecule has 5 nitrogen and oxygen atoms in total. The van der Waals surface area contributed by atoms with Crippen LogP contribution in [0.15, 0.2) is 0 Å². The van der Waals surface area contributed by atoms with Gasteiger partial charge >= 0.3 is 12.1 Å². The molecule has 1 N–H and O–H groups in total. The Morgan fingerprint density at radius 1 is 1.15 bits per heavy atom. The Labute approximate surface area is 119 Å². The molecule has 1 aliphatic rings. The molecule has 116 valence electrons. The van der Waals surface area contributed by atoms with Crippen LogP contribution in [0, 0.1) is 5.41 Å². The van der Waals surface area contributed by atoms with E-state index >= 15 is 0 Å². The van der Waals surface area contributed by atoms with Crippen molar-refractivity contribution in [1.82, 2.24) is 4.90 Å². The summed E-state index contributed by atoms with van der Waals surface area (Å²) in [6.07, 6.45) is -0.468. The third-order valence-corrected chi connectivity index (χ3v) is 3.86. The highest BCUT2D eigenvalue weighted by atomic mass is 19.1. The molecule has 1 amide bonds. The van der Waals surface area contributed by atoms with Gasteiger partial charge in [0.1, 0.15) is 11.3 Å². The van der Waals surface area contributed by atoms with Crippen LogP contribution in [0.2, 0.25) is 0 Å². The van der Waals surface area contributed by atoms with Gasteiger partial charge in [-0.1, -0.05) is 0 Å². The second-order valence-corrected chi connectivity index (χ2v) is 6.86. The number of hydrogen-bond acceptors (Lipinski definition) is 3. The lowest BCUT2D eigenvalue weighted by atomic mass is 9.71. The lowest BCUT2D eigenvalue weighted by Crippen LogP contribution is -2.54. The van der Waals surface area contributed by atoms with Crippen LogP contribution in [-0.2, 0) is 9.53 Å². The van der Waals surface area contributed by atoms with Gasteiger partial charge in [-0.3, -0.25) is 4.79 Å². The number of rotatable bonds is 2. The molecule has 0 spiro atoms. The summed E-state index contributed by atoms with van der Waals surface area (Å²) >= 11 is 0. The Balaban J connectivity index is 2.68. The van der Waals surface area contributed by atoms with E-state index < -0.39 is 28.7 Å². The zero-order valence-corrected chi connectivity index (χ0v) is 12.8. The van der Waals surface area contributed by atoms with Gasteiger partial charge in [0.15, 0.2) is 0 Å². The number of carbonyl (C=O) groups excluding carboxylic acids is 1. The summed E-state index contributed by atoms with van der Waals surface area (Å²) in [5.74, 6) is -1.16. The number of nitrogens with zero attached hydrogens (tertiary/aromatic N) is 1. The molecule has 0 saturated carbocycles. The van der Waals surface area contributed by atoms with Gasteiger partial charge in [0, 0.05) is 25.9 Å². The molecule has 0 unspecified atom stereocenters. The average molecular weight is 289 g/mol. The van der Waals surface area contributed by atoms with E-state index in [1.807, 2.05) is 0 Å². The predicted molar refractivity (Wildman–Crippen MR) is 72.3 cm³/mol. The third-order valence-electron chi connectivity index (χ3n) is 3.86. The van der Waals surface area contributed by atoms with E-state index in [4.69, 9.17) is 9.84 Å². The van der Waals surface area contributed by atoms with Crippen LogP contribution < -0.4 is 0 Å². The molecule has 0 atom stereocenters. The first-order valence-corrected chi connectivity index (χ1v) is 6.79. The van der Waals surface area contributed by atoms with Crippen molar-refractivity contribution < 1.29 is 23.8 Å². The molecule has 20 heavy (non-hydrogen) atoms. The monoisotopic (exact) mass is 289 g/mol. The Kier molecular flexibility index (Phi) is 4.36. The van der Waals surface area contributed by atoms with Crippen molar-refractivity contribution >= 4 is 12.1 Å². The van der Waals surface area contributed by atoms with Crippen LogP contribution in [0.4, 0.5) is 9.18 Å². The highest BCUT2D eigenvalue weighted by molar-refractivity contribution is 5.75. The summed E-state index contributed by atoms with van der Waals surface area (Å²) < 4.78 is 20.0. The van der Waals surface area contributed by atoms with Gasteiger partial charge in [0.05, 0.1) is 5.41 Å². The number of hydrogen-bond donors (Lipinski definition) is 1. The fourth-order valence-corrected chi connectivity index (χ4v) is 2.19. The number of halogens is 1. The van der Waals surface area contributed by atoms with Gasteiger partial charge in [-0.05, 0) is 34.6 Å². The summed E-state index contributed by atoms with van der Waals surface area (Å²) in [7, 11) is 0. The van der Waals surface area contributed by atoms with E-state index in [1.54, 1.807) is 20.8 Å². The predicted octanol–water partition coefficient (Wildman–Crippen LogP) is 2.84. The van der Waals surface area contributed by atoms with Gasteiger partial charge in [-0.25, -0.2) is 9.18 Å². The summed E-state index contributed by atoms with van der Waals surface area (Å²) in [5, 5.41) is 9.14. The fraction of sp³-hybridized carbons (Fsp3) is 0.857. The Bertz CT molecular complexity index is 392. The molecule has 1 fully saturated rings. The highest BCUT2D eigenvalue weighted by Crippen LogP contribution is 2.43. The lowest BCUT2D eigenvalue weighted by Gasteiger charge is -2.43. The Morgan fingerprint density at radius 2 is 1.60 bits per heavy atom. The molecule has 1 saturated heterocycles. The van der Waals surface area contributed by atoms with Crippen molar-refractivity contribution in [2.24, 2.45) is 5.41 Å². The number of amides is 1. The number of aliphatic carboxylic acids is 1. The topological polar surface area (TPSA) is 66.8 Å². The number of ether oxygens (including phenoxy) is 1. The van der Waals surface area contributed by atoms with Crippen LogP contribution in [0.25, 0.3) is 0 Å². The molecule has 6 heteroatoms. The maximum Gasteiger partial charge on any atom is 0.410 e. The second-order valence-electron chi connectivity index (χ2n) is 6.86. The van der Waals surface area contributed by atoms with Crippen molar-refractivity contribution in [3.8, 4) is 0 Å². The summed E-state index contributed by atoms with van der Waals surface area (Å²) in [5.41, 5.74) is -3.87. The average Bonchev–Trinajstić information content (AvgIpc) is 2.27. The number of carboxylic acid groups (broad SMARTS) is 1. The zero-order valence-electron chi connectivity index (χ0n) is 12.8. The third kappa shape index (κ3) is 3.41.